The zero-order valence-corrected chi connectivity index (χ0v) is 9.76. The predicted octanol–water partition coefficient (Wildman–Crippen LogP) is 0.577. The van der Waals surface area contributed by atoms with Gasteiger partial charge in [-0.3, -0.25) is 4.99 Å². The van der Waals surface area contributed by atoms with Crippen LogP contribution in [0, 0.1) is 5.92 Å². The van der Waals surface area contributed by atoms with E-state index in [1.165, 1.54) is 0 Å². The summed E-state index contributed by atoms with van der Waals surface area (Å²) in [5.74, 6) is 1.09. The Kier molecular flexibility index (Phi) is 2.90. The maximum absolute atomic E-state index is 11.3. The second-order valence-corrected chi connectivity index (χ2v) is 6.71. The van der Waals surface area contributed by atoms with Crippen LogP contribution in [0.3, 0.4) is 0 Å². The third kappa shape index (κ3) is 2.70. The van der Waals surface area contributed by atoms with Gasteiger partial charge in [0.05, 0.1) is 22.9 Å². The Labute approximate surface area is 85.5 Å². The molecule has 1 heterocycles. The first-order valence-electron chi connectivity index (χ1n) is 4.80. The largest absolute Gasteiger partial charge is 0.387 e. The zero-order chi connectivity index (χ0) is 11.0. The third-order valence-electron chi connectivity index (χ3n) is 2.47. The Bertz CT molecular complexity index is 346. The van der Waals surface area contributed by atoms with Crippen LogP contribution in [-0.4, -0.2) is 31.3 Å². The summed E-state index contributed by atoms with van der Waals surface area (Å²) in [7, 11) is -2.89. The quantitative estimate of drug-likeness (QED) is 0.544. The van der Waals surface area contributed by atoms with Crippen LogP contribution in [0.4, 0.5) is 0 Å². The van der Waals surface area contributed by atoms with E-state index in [-0.39, 0.29) is 17.4 Å². The van der Waals surface area contributed by atoms with Crippen molar-refractivity contribution in [2.24, 2.45) is 16.6 Å². The molecule has 1 fully saturated rings. The van der Waals surface area contributed by atoms with Crippen molar-refractivity contribution in [3.63, 3.8) is 0 Å². The SMILES string of the molecule is CC(C)C(N)=NC1(C)CCS(=O)(=O)C1. The molecule has 14 heavy (non-hydrogen) atoms. The summed E-state index contributed by atoms with van der Waals surface area (Å²) in [6, 6.07) is 0. The molecule has 0 aromatic carbocycles. The second kappa shape index (κ2) is 3.53. The fourth-order valence-electron chi connectivity index (χ4n) is 1.52. The summed E-state index contributed by atoms with van der Waals surface area (Å²) >= 11 is 0. The first kappa shape index (κ1) is 11.5. The topological polar surface area (TPSA) is 72.5 Å². The van der Waals surface area contributed by atoms with E-state index in [4.69, 9.17) is 5.73 Å². The van der Waals surface area contributed by atoms with Gasteiger partial charge >= 0.3 is 0 Å². The van der Waals surface area contributed by atoms with E-state index >= 15 is 0 Å². The lowest BCUT2D eigenvalue weighted by Crippen LogP contribution is -2.30. The fraction of sp³-hybridized carbons (Fsp3) is 0.889. The van der Waals surface area contributed by atoms with Gasteiger partial charge in [0.2, 0.25) is 0 Å². The average molecular weight is 218 g/mol. The average Bonchev–Trinajstić information content (AvgIpc) is 2.25. The van der Waals surface area contributed by atoms with Crippen molar-refractivity contribution in [3.8, 4) is 0 Å². The summed E-state index contributed by atoms with van der Waals surface area (Å²) in [4.78, 5) is 4.32. The third-order valence-corrected chi connectivity index (χ3v) is 4.36. The van der Waals surface area contributed by atoms with Crippen molar-refractivity contribution in [2.75, 3.05) is 11.5 Å². The summed E-state index contributed by atoms with van der Waals surface area (Å²) in [5, 5.41) is 0. The van der Waals surface area contributed by atoms with E-state index < -0.39 is 15.4 Å². The molecule has 1 unspecified atom stereocenters. The highest BCUT2D eigenvalue weighted by Crippen LogP contribution is 2.27. The van der Waals surface area contributed by atoms with Crippen molar-refractivity contribution >= 4 is 15.7 Å². The normalized spacial score (nSPS) is 32.4. The number of hydrogen-bond donors (Lipinski definition) is 1. The van der Waals surface area contributed by atoms with Crippen molar-refractivity contribution < 1.29 is 8.42 Å². The Balaban J connectivity index is 2.85. The molecule has 5 heteroatoms. The van der Waals surface area contributed by atoms with E-state index in [0.29, 0.717) is 12.3 Å². The number of rotatable bonds is 2. The molecule has 0 bridgehead atoms. The summed E-state index contributed by atoms with van der Waals surface area (Å²) in [5.41, 5.74) is 5.23. The maximum atomic E-state index is 11.3. The highest BCUT2D eigenvalue weighted by atomic mass is 32.2. The van der Waals surface area contributed by atoms with Gasteiger partial charge in [-0.05, 0) is 13.3 Å². The van der Waals surface area contributed by atoms with E-state index in [1.54, 1.807) is 0 Å². The first-order chi connectivity index (χ1) is 6.24. The van der Waals surface area contributed by atoms with Crippen molar-refractivity contribution in [1.82, 2.24) is 0 Å². The minimum Gasteiger partial charge on any atom is -0.387 e. The van der Waals surface area contributed by atoms with E-state index in [2.05, 4.69) is 4.99 Å². The van der Waals surface area contributed by atoms with Gasteiger partial charge in [0.15, 0.2) is 9.84 Å². The van der Waals surface area contributed by atoms with Gasteiger partial charge in [-0.25, -0.2) is 8.42 Å². The molecule has 2 N–H and O–H groups in total. The number of amidine groups is 1. The molecule has 1 aliphatic heterocycles. The molecule has 1 saturated heterocycles. The molecule has 0 spiro atoms. The van der Waals surface area contributed by atoms with Gasteiger partial charge in [0, 0.05) is 5.92 Å². The molecule has 82 valence electrons. The van der Waals surface area contributed by atoms with Gasteiger partial charge in [-0.1, -0.05) is 13.8 Å². The monoisotopic (exact) mass is 218 g/mol. The summed E-state index contributed by atoms with van der Waals surface area (Å²) in [6.45, 7) is 5.75. The highest BCUT2D eigenvalue weighted by molar-refractivity contribution is 7.91. The van der Waals surface area contributed by atoms with Crippen LogP contribution in [-0.2, 0) is 9.84 Å². The smallest absolute Gasteiger partial charge is 0.152 e. The lowest BCUT2D eigenvalue weighted by atomic mass is 10.0. The maximum Gasteiger partial charge on any atom is 0.152 e. The molecular formula is C9H18N2O2S. The van der Waals surface area contributed by atoms with E-state index in [0.717, 1.165) is 0 Å². The van der Waals surface area contributed by atoms with Crippen LogP contribution < -0.4 is 5.73 Å². The number of nitrogens with zero attached hydrogens (tertiary/aromatic N) is 1. The minimum absolute atomic E-state index is 0.132. The molecule has 0 aliphatic carbocycles. The summed E-state index contributed by atoms with van der Waals surface area (Å²) in [6.07, 6.45) is 0.586. The van der Waals surface area contributed by atoms with Crippen LogP contribution >= 0.6 is 0 Å². The van der Waals surface area contributed by atoms with Gasteiger partial charge in [-0.15, -0.1) is 0 Å². The molecule has 1 aliphatic rings. The van der Waals surface area contributed by atoms with Crippen LogP contribution in [0.1, 0.15) is 27.2 Å². The van der Waals surface area contributed by atoms with Crippen molar-refractivity contribution in [2.45, 2.75) is 32.7 Å². The van der Waals surface area contributed by atoms with Gasteiger partial charge in [0.1, 0.15) is 0 Å². The van der Waals surface area contributed by atoms with Gasteiger partial charge < -0.3 is 5.73 Å². The highest BCUT2D eigenvalue weighted by Gasteiger charge is 2.38. The Morgan fingerprint density at radius 2 is 2.07 bits per heavy atom. The van der Waals surface area contributed by atoms with Gasteiger partial charge in [0.25, 0.3) is 0 Å². The number of aliphatic imine (C=N–C) groups is 1. The zero-order valence-electron chi connectivity index (χ0n) is 8.95. The van der Waals surface area contributed by atoms with Crippen LogP contribution in [0.5, 0.6) is 0 Å². The summed E-state index contributed by atoms with van der Waals surface area (Å²) < 4.78 is 22.6. The Hall–Kier alpha value is -0.580. The fourth-order valence-corrected chi connectivity index (χ4v) is 3.57. The molecule has 0 aromatic rings. The Morgan fingerprint density at radius 1 is 1.50 bits per heavy atom. The van der Waals surface area contributed by atoms with E-state index in [9.17, 15) is 8.42 Å². The lowest BCUT2D eigenvalue weighted by molar-refractivity contribution is 0.529. The van der Waals surface area contributed by atoms with Crippen molar-refractivity contribution in [1.29, 1.82) is 0 Å². The Morgan fingerprint density at radius 3 is 2.43 bits per heavy atom. The molecule has 1 atom stereocenters. The number of hydrogen-bond acceptors (Lipinski definition) is 3. The molecule has 4 nitrogen and oxygen atoms in total. The molecule has 0 aromatic heterocycles. The van der Waals surface area contributed by atoms with Crippen molar-refractivity contribution in [3.05, 3.63) is 0 Å². The van der Waals surface area contributed by atoms with Crippen LogP contribution in [0.2, 0.25) is 0 Å². The van der Waals surface area contributed by atoms with Gasteiger partial charge in [-0.2, -0.15) is 0 Å². The molecule has 0 saturated carbocycles. The standard InChI is InChI=1S/C9H18N2O2S/c1-7(2)8(10)11-9(3)4-5-14(12,13)6-9/h7H,4-6H2,1-3H3,(H2,10,11). The second-order valence-electron chi connectivity index (χ2n) is 4.53. The molecule has 0 radical (unpaired) electrons. The van der Waals surface area contributed by atoms with Crippen LogP contribution in [0.25, 0.3) is 0 Å². The number of sulfone groups is 1. The molecular weight excluding hydrogens is 200 g/mol. The molecule has 0 amide bonds. The predicted molar refractivity (Wildman–Crippen MR) is 58.1 cm³/mol. The minimum atomic E-state index is -2.89. The first-order valence-corrected chi connectivity index (χ1v) is 6.62. The molecule has 1 rings (SSSR count). The van der Waals surface area contributed by atoms with Crippen LogP contribution in [0.15, 0.2) is 4.99 Å². The number of nitrogens with two attached hydrogens (primary N) is 1. The lowest BCUT2D eigenvalue weighted by Gasteiger charge is -2.18. The van der Waals surface area contributed by atoms with E-state index in [1.807, 2.05) is 20.8 Å².